The van der Waals surface area contributed by atoms with Crippen molar-refractivity contribution in [3.05, 3.63) is 52.3 Å². The number of hydrogen-bond acceptors (Lipinski definition) is 2. The average Bonchev–Trinajstić information content (AvgIpc) is 2.98. The summed E-state index contributed by atoms with van der Waals surface area (Å²) in [6, 6.07) is 9.07. The number of carbonyl (C=O) groups excluding carboxylic acids is 1. The third-order valence-electron chi connectivity index (χ3n) is 3.92. The second-order valence-electron chi connectivity index (χ2n) is 5.25. The van der Waals surface area contributed by atoms with Gasteiger partial charge in [-0.05, 0) is 31.2 Å². The van der Waals surface area contributed by atoms with Crippen molar-refractivity contribution in [1.82, 2.24) is 9.47 Å². The molecular formula is C16H16Cl2N2O2. The van der Waals surface area contributed by atoms with Crippen molar-refractivity contribution in [3.8, 4) is 5.75 Å². The fraction of sp³-hybridized carbons (Fsp3) is 0.312. The summed E-state index contributed by atoms with van der Waals surface area (Å²) >= 11 is 11.8. The zero-order valence-electron chi connectivity index (χ0n) is 12.1. The monoisotopic (exact) mass is 338 g/mol. The lowest BCUT2D eigenvalue weighted by molar-refractivity contribution is -0.136. The minimum absolute atomic E-state index is 0.0109. The molecule has 22 heavy (non-hydrogen) atoms. The smallest absolute Gasteiger partial charge is 0.261 e. The topological polar surface area (TPSA) is 34.5 Å². The maximum Gasteiger partial charge on any atom is 0.261 e. The van der Waals surface area contributed by atoms with Crippen LogP contribution in [0.25, 0.3) is 0 Å². The highest BCUT2D eigenvalue weighted by molar-refractivity contribution is 6.42. The van der Waals surface area contributed by atoms with E-state index in [4.69, 9.17) is 27.9 Å². The Hall–Kier alpha value is -1.65. The molecule has 1 aromatic heterocycles. The summed E-state index contributed by atoms with van der Waals surface area (Å²) in [6.45, 7) is 3.52. The highest BCUT2D eigenvalue weighted by Gasteiger charge is 2.27. The predicted molar refractivity (Wildman–Crippen MR) is 86.5 cm³/mol. The number of ether oxygens (including phenoxy) is 1. The van der Waals surface area contributed by atoms with Gasteiger partial charge in [-0.15, -0.1) is 0 Å². The Morgan fingerprint density at radius 2 is 2.09 bits per heavy atom. The van der Waals surface area contributed by atoms with E-state index in [9.17, 15) is 4.79 Å². The first-order valence-corrected chi connectivity index (χ1v) is 7.84. The first-order chi connectivity index (χ1) is 10.6. The summed E-state index contributed by atoms with van der Waals surface area (Å²) in [7, 11) is 0. The third-order valence-corrected chi connectivity index (χ3v) is 4.65. The molecule has 0 bridgehead atoms. The first-order valence-electron chi connectivity index (χ1n) is 7.08. The molecule has 0 N–H and O–H groups in total. The summed E-state index contributed by atoms with van der Waals surface area (Å²) in [4.78, 5) is 14.2. The van der Waals surface area contributed by atoms with E-state index in [0.29, 0.717) is 22.3 Å². The highest BCUT2D eigenvalue weighted by Crippen LogP contribution is 2.27. The normalized spacial score (nSPS) is 17.2. The van der Waals surface area contributed by atoms with E-state index in [1.165, 1.54) is 0 Å². The van der Waals surface area contributed by atoms with Gasteiger partial charge in [-0.25, -0.2) is 0 Å². The Labute approximate surface area is 139 Å². The maximum atomic E-state index is 12.4. The molecule has 116 valence electrons. The molecule has 0 fully saturated rings. The van der Waals surface area contributed by atoms with Gasteiger partial charge in [-0.2, -0.15) is 0 Å². The second kappa shape index (κ2) is 6.23. The molecular weight excluding hydrogens is 323 g/mol. The van der Waals surface area contributed by atoms with Crippen molar-refractivity contribution < 1.29 is 9.53 Å². The number of fused-ring (bicyclic) bond motifs is 1. The summed E-state index contributed by atoms with van der Waals surface area (Å²) in [5.41, 5.74) is 1.15. The number of carbonyl (C=O) groups is 1. The quantitative estimate of drug-likeness (QED) is 0.853. The lowest BCUT2D eigenvalue weighted by atomic mass is 10.1. The maximum absolute atomic E-state index is 12.4. The largest absolute Gasteiger partial charge is 0.484 e. The molecule has 0 saturated heterocycles. The number of halogens is 2. The number of amides is 1. The molecule has 1 amide bonds. The van der Waals surface area contributed by atoms with Gasteiger partial charge in [0.15, 0.2) is 6.61 Å². The number of nitrogens with zero attached hydrogens (tertiary/aromatic N) is 2. The van der Waals surface area contributed by atoms with E-state index in [1.807, 2.05) is 30.2 Å². The van der Waals surface area contributed by atoms with Crippen molar-refractivity contribution >= 4 is 29.1 Å². The van der Waals surface area contributed by atoms with Gasteiger partial charge in [0.1, 0.15) is 5.75 Å². The lowest BCUT2D eigenvalue weighted by Crippen LogP contribution is -2.42. The van der Waals surface area contributed by atoms with Gasteiger partial charge < -0.3 is 14.2 Å². The molecule has 4 nitrogen and oxygen atoms in total. The molecule has 1 atom stereocenters. The standard InChI is InChI=1S/C16H16Cl2N2O2/c1-11-15-3-2-6-19(15)7-8-20(11)16(21)10-22-12-4-5-13(17)14(18)9-12/h2-6,9,11H,7-8,10H2,1H3/t11-/m0/s1. The van der Waals surface area contributed by atoms with Gasteiger partial charge in [0.05, 0.1) is 16.1 Å². The van der Waals surface area contributed by atoms with Crippen LogP contribution in [0.15, 0.2) is 36.5 Å². The summed E-state index contributed by atoms with van der Waals surface area (Å²) < 4.78 is 7.71. The highest BCUT2D eigenvalue weighted by atomic mass is 35.5. The molecule has 2 aromatic rings. The number of hydrogen-bond donors (Lipinski definition) is 0. The molecule has 6 heteroatoms. The fourth-order valence-corrected chi connectivity index (χ4v) is 3.00. The van der Waals surface area contributed by atoms with Gasteiger partial charge in [0.25, 0.3) is 5.91 Å². The molecule has 0 unspecified atom stereocenters. The SMILES string of the molecule is C[C@H]1c2cccn2CCN1C(=O)COc1ccc(Cl)c(Cl)c1. The van der Waals surface area contributed by atoms with E-state index < -0.39 is 0 Å². The Morgan fingerprint density at radius 3 is 2.86 bits per heavy atom. The Kier molecular flexibility index (Phi) is 4.32. The van der Waals surface area contributed by atoms with Gasteiger partial charge in [-0.1, -0.05) is 23.2 Å². The predicted octanol–water partition coefficient (Wildman–Crippen LogP) is 3.78. The third kappa shape index (κ3) is 2.94. The number of benzene rings is 1. The second-order valence-corrected chi connectivity index (χ2v) is 6.07. The van der Waals surface area contributed by atoms with Crippen molar-refractivity contribution in [3.63, 3.8) is 0 Å². The van der Waals surface area contributed by atoms with E-state index in [-0.39, 0.29) is 18.6 Å². The molecule has 2 heterocycles. The Bertz CT molecular complexity index is 699. The summed E-state index contributed by atoms with van der Waals surface area (Å²) in [6.07, 6.45) is 2.04. The minimum atomic E-state index is -0.0361. The van der Waals surface area contributed by atoms with Crippen LogP contribution in [0.3, 0.4) is 0 Å². The van der Waals surface area contributed by atoms with E-state index in [0.717, 1.165) is 12.2 Å². The van der Waals surface area contributed by atoms with Crippen molar-refractivity contribution in [2.75, 3.05) is 13.2 Å². The lowest BCUT2D eigenvalue weighted by Gasteiger charge is -2.34. The van der Waals surface area contributed by atoms with Crippen molar-refractivity contribution in [2.45, 2.75) is 19.5 Å². The van der Waals surface area contributed by atoms with Gasteiger partial charge in [0.2, 0.25) is 0 Å². The Morgan fingerprint density at radius 1 is 1.27 bits per heavy atom. The van der Waals surface area contributed by atoms with Crippen LogP contribution in [0.2, 0.25) is 10.0 Å². The van der Waals surface area contributed by atoms with Crippen molar-refractivity contribution in [2.24, 2.45) is 0 Å². The van der Waals surface area contributed by atoms with Crippen LogP contribution in [-0.2, 0) is 11.3 Å². The van der Waals surface area contributed by atoms with Crippen LogP contribution < -0.4 is 4.74 Å². The van der Waals surface area contributed by atoms with Crippen LogP contribution in [0.5, 0.6) is 5.75 Å². The van der Waals surface area contributed by atoms with E-state index in [2.05, 4.69) is 4.57 Å². The summed E-state index contributed by atoms with van der Waals surface area (Å²) in [5, 5.41) is 0.876. The number of aromatic nitrogens is 1. The van der Waals surface area contributed by atoms with Crippen LogP contribution in [-0.4, -0.2) is 28.5 Å². The molecule has 0 radical (unpaired) electrons. The molecule has 0 aliphatic carbocycles. The average molecular weight is 339 g/mol. The summed E-state index contributed by atoms with van der Waals surface area (Å²) in [5.74, 6) is 0.502. The van der Waals surface area contributed by atoms with Crippen LogP contribution in [0, 0.1) is 0 Å². The van der Waals surface area contributed by atoms with Gasteiger partial charge in [-0.3, -0.25) is 4.79 Å². The van der Waals surface area contributed by atoms with E-state index in [1.54, 1.807) is 18.2 Å². The van der Waals surface area contributed by atoms with E-state index >= 15 is 0 Å². The molecule has 3 rings (SSSR count). The molecule has 0 spiro atoms. The fourth-order valence-electron chi connectivity index (χ4n) is 2.71. The number of rotatable bonds is 3. The van der Waals surface area contributed by atoms with Gasteiger partial charge >= 0.3 is 0 Å². The molecule has 1 aliphatic heterocycles. The molecule has 1 aromatic carbocycles. The van der Waals surface area contributed by atoms with Crippen LogP contribution in [0.1, 0.15) is 18.7 Å². The van der Waals surface area contributed by atoms with Gasteiger partial charge in [0, 0.05) is 31.0 Å². The zero-order valence-corrected chi connectivity index (χ0v) is 13.6. The minimum Gasteiger partial charge on any atom is -0.484 e. The zero-order chi connectivity index (χ0) is 15.7. The van der Waals surface area contributed by atoms with Crippen LogP contribution >= 0.6 is 23.2 Å². The Balaban J connectivity index is 1.64. The van der Waals surface area contributed by atoms with Crippen LogP contribution in [0.4, 0.5) is 0 Å². The molecule has 0 saturated carbocycles. The first kappa shape index (κ1) is 15.3. The van der Waals surface area contributed by atoms with Crippen molar-refractivity contribution in [1.29, 1.82) is 0 Å². The molecule has 1 aliphatic rings.